The molecule has 2 N–H and O–H groups in total. The van der Waals surface area contributed by atoms with Gasteiger partial charge in [-0.3, -0.25) is 9.20 Å². The molecule has 6 rings (SSSR count). The van der Waals surface area contributed by atoms with Crippen molar-refractivity contribution in [2.75, 3.05) is 19.4 Å². The van der Waals surface area contributed by atoms with Gasteiger partial charge < -0.3 is 15.4 Å². The van der Waals surface area contributed by atoms with Crippen LogP contribution < -0.4 is 10.5 Å². The second-order valence-electron chi connectivity index (χ2n) is 8.58. The zero-order valence-electron chi connectivity index (χ0n) is 17.7. The molecule has 1 amide bonds. The number of nitriles is 1. The van der Waals surface area contributed by atoms with E-state index in [1.165, 1.54) is 17.0 Å². The van der Waals surface area contributed by atoms with E-state index in [4.69, 9.17) is 15.7 Å². The Morgan fingerprint density at radius 2 is 2.18 bits per heavy atom. The van der Waals surface area contributed by atoms with E-state index in [1.54, 1.807) is 24.0 Å². The molecular formula is C24H19FN6O2. The van der Waals surface area contributed by atoms with Crippen molar-refractivity contribution >= 4 is 28.3 Å². The first-order valence-electron chi connectivity index (χ1n) is 10.6. The summed E-state index contributed by atoms with van der Waals surface area (Å²) >= 11 is 0. The number of aromatic nitrogens is 3. The Morgan fingerprint density at radius 3 is 2.97 bits per heavy atom. The summed E-state index contributed by atoms with van der Waals surface area (Å²) in [5.74, 6) is 0.0633. The molecule has 9 heteroatoms. The fraction of sp³-hybridized carbons (Fsp3) is 0.250. The number of benzene rings is 2. The fourth-order valence-corrected chi connectivity index (χ4v) is 4.67. The van der Waals surface area contributed by atoms with E-state index in [2.05, 4.69) is 16.0 Å². The fourth-order valence-electron chi connectivity index (χ4n) is 4.67. The number of hydrogen-bond donors (Lipinski definition) is 1. The van der Waals surface area contributed by atoms with Crippen molar-refractivity contribution in [1.29, 1.82) is 5.26 Å². The van der Waals surface area contributed by atoms with Crippen molar-refractivity contribution in [3.8, 4) is 11.8 Å². The summed E-state index contributed by atoms with van der Waals surface area (Å²) in [6.45, 7) is 0.284. The maximum Gasteiger partial charge on any atom is 0.257 e. The monoisotopic (exact) mass is 442 g/mol. The van der Waals surface area contributed by atoms with Crippen molar-refractivity contribution in [1.82, 2.24) is 19.3 Å². The number of likely N-dealkylation sites (N-methyl/N-ethyl adjacent to an activating group) is 1. The van der Waals surface area contributed by atoms with Crippen LogP contribution in [0.15, 0.2) is 42.9 Å². The summed E-state index contributed by atoms with van der Waals surface area (Å²) in [5.41, 5.74) is 9.28. The van der Waals surface area contributed by atoms with E-state index in [1.807, 2.05) is 18.2 Å². The van der Waals surface area contributed by atoms with Gasteiger partial charge in [0.1, 0.15) is 29.5 Å². The lowest BCUT2D eigenvalue weighted by atomic mass is 10.0. The van der Waals surface area contributed by atoms with Crippen LogP contribution in [0.3, 0.4) is 0 Å². The topological polar surface area (TPSA) is 110 Å². The quantitative estimate of drug-likeness (QED) is 0.521. The van der Waals surface area contributed by atoms with Gasteiger partial charge in [-0.15, -0.1) is 0 Å². The molecule has 1 saturated carbocycles. The average Bonchev–Trinajstić information content (AvgIpc) is 3.22. The maximum atomic E-state index is 15.0. The Bertz CT molecular complexity index is 1510. The summed E-state index contributed by atoms with van der Waals surface area (Å²) in [5, 5.41) is 9.16. The van der Waals surface area contributed by atoms with Gasteiger partial charge in [0.15, 0.2) is 0 Å². The minimum absolute atomic E-state index is 0.0394. The number of halogens is 1. The summed E-state index contributed by atoms with van der Waals surface area (Å²) in [6.07, 6.45) is 3.97. The van der Waals surface area contributed by atoms with Gasteiger partial charge in [0, 0.05) is 24.6 Å². The molecule has 0 radical (unpaired) electrons. The number of amides is 1. The highest BCUT2D eigenvalue weighted by Crippen LogP contribution is 2.49. The van der Waals surface area contributed by atoms with Gasteiger partial charge >= 0.3 is 0 Å². The second kappa shape index (κ2) is 6.90. The largest absolute Gasteiger partial charge is 0.491 e. The third kappa shape index (κ3) is 2.91. The number of rotatable bonds is 3. The third-order valence-electron chi connectivity index (χ3n) is 6.66. The van der Waals surface area contributed by atoms with E-state index in [0.29, 0.717) is 22.3 Å². The number of nitrogens with zero attached hydrogens (tertiary/aromatic N) is 5. The van der Waals surface area contributed by atoms with Gasteiger partial charge in [0.05, 0.1) is 47.1 Å². The normalized spacial score (nSPS) is 20.9. The van der Waals surface area contributed by atoms with Crippen LogP contribution in [0.1, 0.15) is 39.9 Å². The van der Waals surface area contributed by atoms with Crippen molar-refractivity contribution < 1.29 is 13.9 Å². The highest BCUT2D eigenvalue weighted by molar-refractivity contribution is 5.98. The Balaban J connectivity index is 1.37. The van der Waals surface area contributed by atoms with Crippen LogP contribution >= 0.6 is 0 Å². The molecule has 1 fully saturated rings. The number of carbonyl (C=O) groups is 1. The predicted molar refractivity (Wildman–Crippen MR) is 118 cm³/mol. The molecule has 1 aliphatic heterocycles. The summed E-state index contributed by atoms with van der Waals surface area (Å²) in [7, 11) is 1.64. The minimum Gasteiger partial charge on any atom is -0.491 e. The van der Waals surface area contributed by atoms with Gasteiger partial charge in [0.2, 0.25) is 0 Å². The van der Waals surface area contributed by atoms with Crippen molar-refractivity contribution in [2.24, 2.45) is 5.92 Å². The number of hydrogen-bond acceptors (Lipinski definition) is 6. The molecule has 4 aromatic rings. The number of nitrogen functional groups attached to an aromatic ring is 1. The number of fused-ring (bicyclic) bond motifs is 4. The minimum atomic E-state index is -0.673. The van der Waals surface area contributed by atoms with Gasteiger partial charge in [-0.05, 0) is 30.2 Å². The number of nitrogens with two attached hydrogens (primary N) is 1. The van der Waals surface area contributed by atoms with Crippen LogP contribution in [-0.2, 0) is 0 Å². The van der Waals surface area contributed by atoms with Crippen LogP contribution in [0.2, 0.25) is 0 Å². The molecule has 0 saturated heterocycles. The Hall–Kier alpha value is -4.19. The summed E-state index contributed by atoms with van der Waals surface area (Å²) in [6, 6.07) is 10.5. The molecule has 0 spiro atoms. The standard InChI is InChI=1S/C24H19FN6O2/c1-30(21-10-33-22-3-2-12(4-16(21)22)14-5-13(14)8-26)24(32)15-6-19-18(7-17(15)25)29-23(27)20-9-28-11-31(19)20/h2-4,6-7,9,11,13-14,21H,5,10H2,1H3,(H2,27,29)/t13?,14-,21-/m1/s1. The number of ether oxygens (including phenoxy) is 1. The van der Waals surface area contributed by atoms with Crippen LogP contribution in [0.5, 0.6) is 5.75 Å². The number of anilines is 1. The van der Waals surface area contributed by atoms with Crippen LogP contribution in [-0.4, -0.2) is 38.8 Å². The molecule has 0 bridgehead atoms. The molecule has 1 unspecified atom stereocenters. The predicted octanol–water partition coefficient (Wildman–Crippen LogP) is 3.44. The van der Waals surface area contributed by atoms with Crippen LogP contribution in [0, 0.1) is 23.1 Å². The molecular weight excluding hydrogens is 423 g/mol. The van der Waals surface area contributed by atoms with E-state index >= 15 is 4.39 Å². The first-order chi connectivity index (χ1) is 16.0. The van der Waals surface area contributed by atoms with E-state index in [9.17, 15) is 4.79 Å². The second-order valence-corrected chi connectivity index (χ2v) is 8.58. The van der Waals surface area contributed by atoms with E-state index in [0.717, 1.165) is 17.5 Å². The highest BCUT2D eigenvalue weighted by Gasteiger charge is 2.40. The van der Waals surface area contributed by atoms with Crippen LogP contribution in [0.4, 0.5) is 10.2 Å². The Morgan fingerprint density at radius 1 is 1.33 bits per heavy atom. The molecule has 164 valence electrons. The molecule has 2 aromatic heterocycles. The third-order valence-corrected chi connectivity index (χ3v) is 6.66. The number of carbonyl (C=O) groups excluding carboxylic acids is 1. The van der Waals surface area contributed by atoms with Gasteiger partial charge in [-0.2, -0.15) is 5.26 Å². The highest BCUT2D eigenvalue weighted by atomic mass is 19.1. The average molecular weight is 442 g/mol. The molecule has 33 heavy (non-hydrogen) atoms. The van der Waals surface area contributed by atoms with Gasteiger partial charge in [0.25, 0.3) is 5.91 Å². The van der Waals surface area contributed by atoms with Crippen molar-refractivity contribution in [2.45, 2.75) is 18.4 Å². The maximum absolute atomic E-state index is 15.0. The Kier molecular flexibility index (Phi) is 4.08. The lowest BCUT2D eigenvalue weighted by Gasteiger charge is -2.24. The zero-order valence-corrected chi connectivity index (χ0v) is 17.7. The Labute approximate surface area is 188 Å². The van der Waals surface area contributed by atoms with Crippen LogP contribution in [0.25, 0.3) is 16.6 Å². The molecule has 2 aromatic carbocycles. The summed E-state index contributed by atoms with van der Waals surface area (Å²) < 4.78 is 22.5. The van der Waals surface area contributed by atoms with E-state index in [-0.39, 0.29) is 35.9 Å². The van der Waals surface area contributed by atoms with Gasteiger partial charge in [-0.25, -0.2) is 14.4 Å². The number of imidazole rings is 1. The van der Waals surface area contributed by atoms with E-state index < -0.39 is 11.7 Å². The zero-order chi connectivity index (χ0) is 22.9. The SMILES string of the molecule is CN(C(=O)c1cc2c(cc1F)nc(N)c1cncn12)[C@@H]1COc2ccc([C@H]3CC3C#N)cc21. The first kappa shape index (κ1) is 19.5. The molecule has 1 aliphatic carbocycles. The molecule has 8 nitrogen and oxygen atoms in total. The first-order valence-corrected chi connectivity index (χ1v) is 10.6. The molecule has 3 heterocycles. The molecule has 3 atom stereocenters. The van der Waals surface area contributed by atoms with Crippen molar-refractivity contribution in [3.05, 3.63) is 65.4 Å². The van der Waals surface area contributed by atoms with Gasteiger partial charge in [-0.1, -0.05) is 6.07 Å². The lowest BCUT2D eigenvalue weighted by Crippen LogP contribution is -2.32. The smallest absolute Gasteiger partial charge is 0.257 e. The summed E-state index contributed by atoms with van der Waals surface area (Å²) in [4.78, 5) is 23.2. The van der Waals surface area contributed by atoms with Crippen molar-refractivity contribution in [3.63, 3.8) is 0 Å². The lowest BCUT2D eigenvalue weighted by molar-refractivity contribution is 0.0704. The molecule has 2 aliphatic rings.